The number of piperidine rings is 1. The maximum Gasteiger partial charge on any atom is 0.251 e. The summed E-state index contributed by atoms with van der Waals surface area (Å²) in [6, 6.07) is 0. The fraction of sp³-hybridized carbons (Fsp3) is 0.923. The van der Waals surface area contributed by atoms with Crippen molar-refractivity contribution in [3.63, 3.8) is 0 Å². The summed E-state index contributed by atoms with van der Waals surface area (Å²) in [6.07, 6.45) is 3.34. The van der Waals surface area contributed by atoms with E-state index in [0.29, 0.717) is 0 Å². The van der Waals surface area contributed by atoms with Gasteiger partial charge in [0, 0.05) is 20.2 Å². The normalized spacial score (nSPS) is 28.4. The van der Waals surface area contributed by atoms with Gasteiger partial charge in [-0.05, 0) is 51.1 Å². The number of hydrogen-bond acceptors (Lipinski definition) is 3. The Morgan fingerprint density at radius 3 is 2.53 bits per heavy atom. The third-order valence-corrected chi connectivity index (χ3v) is 4.32. The van der Waals surface area contributed by atoms with E-state index in [1.165, 1.54) is 19.5 Å². The number of nitrogens with one attached hydrogen (secondary N) is 1. The van der Waals surface area contributed by atoms with E-state index in [9.17, 15) is 4.79 Å². The van der Waals surface area contributed by atoms with E-state index in [1.807, 2.05) is 11.8 Å². The number of carbonyl (C=O) groups is 1. The molecule has 4 nitrogen and oxygen atoms in total. The first-order chi connectivity index (χ1) is 8.22. The second-order valence-corrected chi connectivity index (χ2v) is 5.29. The van der Waals surface area contributed by atoms with Crippen LogP contribution in [0.4, 0.5) is 0 Å². The van der Waals surface area contributed by atoms with Crippen LogP contribution in [-0.2, 0) is 9.53 Å². The molecule has 17 heavy (non-hydrogen) atoms. The zero-order valence-corrected chi connectivity index (χ0v) is 10.9. The van der Waals surface area contributed by atoms with Gasteiger partial charge in [0.1, 0.15) is 6.10 Å². The number of amides is 1. The summed E-state index contributed by atoms with van der Waals surface area (Å²) in [5, 5.41) is 3.43. The van der Waals surface area contributed by atoms with Gasteiger partial charge in [0.05, 0.1) is 0 Å². The van der Waals surface area contributed by atoms with Crippen molar-refractivity contribution in [2.45, 2.75) is 32.3 Å². The molecule has 98 valence electrons. The van der Waals surface area contributed by atoms with Crippen LogP contribution in [0.2, 0.25) is 0 Å². The van der Waals surface area contributed by atoms with Crippen molar-refractivity contribution in [2.75, 3.05) is 33.3 Å². The molecule has 0 saturated carbocycles. The summed E-state index contributed by atoms with van der Waals surface area (Å²) in [7, 11) is 1.60. The number of nitrogens with zero attached hydrogens (tertiary/aromatic N) is 1. The summed E-state index contributed by atoms with van der Waals surface area (Å²) in [5.41, 5.74) is 0. The lowest BCUT2D eigenvalue weighted by Crippen LogP contribution is -2.44. The fourth-order valence-corrected chi connectivity index (χ4v) is 3.03. The largest absolute Gasteiger partial charge is 0.372 e. The lowest BCUT2D eigenvalue weighted by atomic mass is 9.84. The Kier molecular flexibility index (Phi) is 4.40. The zero-order chi connectivity index (χ0) is 12.3. The van der Waals surface area contributed by atoms with E-state index in [1.54, 1.807) is 7.11 Å². The molecule has 4 heteroatoms. The van der Waals surface area contributed by atoms with Crippen molar-refractivity contribution >= 4 is 5.91 Å². The molecule has 2 heterocycles. The van der Waals surface area contributed by atoms with Crippen LogP contribution in [0, 0.1) is 11.8 Å². The topological polar surface area (TPSA) is 41.6 Å². The molecule has 0 aromatic carbocycles. The van der Waals surface area contributed by atoms with Gasteiger partial charge in [0.25, 0.3) is 5.91 Å². The molecule has 2 fully saturated rings. The summed E-state index contributed by atoms with van der Waals surface area (Å²) in [6.45, 7) is 5.99. The molecular formula is C13H24N2O2. The molecule has 1 N–H and O–H groups in total. The number of hydrogen-bond donors (Lipinski definition) is 1. The third-order valence-electron chi connectivity index (χ3n) is 4.32. The average molecular weight is 240 g/mol. The van der Waals surface area contributed by atoms with E-state index in [-0.39, 0.29) is 12.0 Å². The second-order valence-electron chi connectivity index (χ2n) is 5.29. The van der Waals surface area contributed by atoms with Crippen LogP contribution in [0.25, 0.3) is 0 Å². The molecule has 2 atom stereocenters. The van der Waals surface area contributed by atoms with Crippen molar-refractivity contribution in [1.82, 2.24) is 10.2 Å². The average Bonchev–Trinajstić information content (AvgIpc) is 2.91. The molecule has 0 spiro atoms. The Bertz CT molecular complexity index is 256. The molecule has 2 aliphatic rings. The van der Waals surface area contributed by atoms with Crippen LogP contribution >= 0.6 is 0 Å². The Morgan fingerprint density at radius 1 is 1.29 bits per heavy atom. The Labute approximate surface area is 104 Å². The van der Waals surface area contributed by atoms with Gasteiger partial charge in [-0.2, -0.15) is 0 Å². The van der Waals surface area contributed by atoms with Crippen molar-refractivity contribution in [1.29, 1.82) is 0 Å². The molecule has 2 aliphatic heterocycles. The Morgan fingerprint density at radius 2 is 2.00 bits per heavy atom. The highest BCUT2D eigenvalue weighted by atomic mass is 16.5. The lowest BCUT2D eigenvalue weighted by Gasteiger charge is -2.35. The van der Waals surface area contributed by atoms with E-state index < -0.39 is 0 Å². The smallest absolute Gasteiger partial charge is 0.251 e. The van der Waals surface area contributed by atoms with Crippen molar-refractivity contribution in [3.05, 3.63) is 0 Å². The first-order valence-electron chi connectivity index (χ1n) is 6.74. The first kappa shape index (κ1) is 12.8. The van der Waals surface area contributed by atoms with Gasteiger partial charge < -0.3 is 15.0 Å². The van der Waals surface area contributed by atoms with Crippen molar-refractivity contribution < 1.29 is 9.53 Å². The molecule has 1 amide bonds. The Balaban J connectivity index is 1.79. The highest BCUT2D eigenvalue weighted by Gasteiger charge is 2.31. The molecule has 2 unspecified atom stereocenters. The molecular weight excluding hydrogens is 216 g/mol. The standard InChI is InChI=1S/C13H24N2O2/c1-10(17-2)13(16)15-7-4-11(5-8-15)12-3-6-14-9-12/h10-12,14H,3-9H2,1-2H3. The number of carbonyl (C=O) groups excluding carboxylic acids is 1. The lowest BCUT2D eigenvalue weighted by molar-refractivity contribution is -0.142. The minimum Gasteiger partial charge on any atom is -0.372 e. The van der Waals surface area contributed by atoms with E-state index in [4.69, 9.17) is 4.74 Å². The molecule has 0 radical (unpaired) electrons. The summed E-state index contributed by atoms with van der Waals surface area (Å²) in [4.78, 5) is 13.9. The summed E-state index contributed by atoms with van der Waals surface area (Å²) >= 11 is 0. The van der Waals surface area contributed by atoms with Crippen LogP contribution in [0.1, 0.15) is 26.2 Å². The van der Waals surface area contributed by atoms with Gasteiger partial charge in [0.15, 0.2) is 0 Å². The quantitative estimate of drug-likeness (QED) is 0.796. The van der Waals surface area contributed by atoms with Crippen molar-refractivity contribution in [2.24, 2.45) is 11.8 Å². The monoisotopic (exact) mass is 240 g/mol. The van der Waals surface area contributed by atoms with Crippen LogP contribution in [0.3, 0.4) is 0 Å². The van der Waals surface area contributed by atoms with E-state index in [0.717, 1.165) is 37.8 Å². The molecule has 0 aliphatic carbocycles. The highest BCUT2D eigenvalue weighted by Crippen LogP contribution is 2.29. The minimum atomic E-state index is -0.292. The number of methoxy groups -OCH3 is 1. The highest BCUT2D eigenvalue weighted by molar-refractivity contribution is 5.80. The molecule has 0 bridgehead atoms. The summed E-state index contributed by atoms with van der Waals surface area (Å²) in [5.74, 6) is 1.80. The summed E-state index contributed by atoms with van der Waals surface area (Å²) < 4.78 is 5.09. The van der Waals surface area contributed by atoms with Crippen LogP contribution < -0.4 is 5.32 Å². The maximum atomic E-state index is 11.9. The first-order valence-corrected chi connectivity index (χ1v) is 6.74. The zero-order valence-electron chi connectivity index (χ0n) is 10.9. The third kappa shape index (κ3) is 2.99. The minimum absolute atomic E-state index is 0.149. The van der Waals surface area contributed by atoms with Crippen LogP contribution in [0.5, 0.6) is 0 Å². The van der Waals surface area contributed by atoms with Crippen LogP contribution in [0.15, 0.2) is 0 Å². The van der Waals surface area contributed by atoms with Gasteiger partial charge in [-0.3, -0.25) is 4.79 Å². The van der Waals surface area contributed by atoms with Gasteiger partial charge in [-0.15, -0.1) is 0 Å². The second kappa shape index (κ2) is 5.83. The number of rotatable bonds is 3. The van der Waals surface area contributed by atoms with Gasteiger partial charge in [0.2, 0.25) is 0 Å². The van der Waals surface area contributed by atoms with Crippen molar-refractivity contribution in [3.8, 4) is 0 Å². The Hall–Kier alpha value is -0.610. The van der Waals surface area contributed by atoms with Gasteiger partial charge >= 0.3 is 0 Å². The maximum absolute atomic E-state index is 11.9. The van der Waals surface area contributed by atoms with E-state index in [2.05, 4.69) is 5.32 Å². The predicted octanol–water partition coefficient (Wildman–Crippen LogP) is 0.869. The van der Waals surface area contributed by atoms with Gasteiger partial charge in [-0.25, -0.2) is 0 Å². The molecule has 2 rings (SSSR count). The van der Waals surface area contributed by atoms with Gasteiger partial charge in [-0.1, -0.05) is 0 Å². The SMILES string of the molecule is COC(C)C(=O)N1CCC(C2CCNC2)CC1. The molecule has 2 saturated heterocycles. The molecule has 0 aromatic rings. The van der Waals surface area contributed by atoms with E-state index >= 15 is 0 Å². The fourth-order valence-electron chi connectivity index (χ4n) is 3.03. The predicted molar refractivity (Wildman–Crippen MR) is 66.8 cm³/mol. The van der Waals surface area contributed by atoms with Crippen LogP contribution in [-0.4, -0.2) is 50.2 Å². The number of likely N-dealkylation sites (tertiary alicyclic amines) is 1. The molecule has 0 aromatic heterocycles. The number of ether oxygens (including phenoxy) is 1.